The summed E-state index contributed by atoms with van der Waals surface area (Å²) in [6.07, 6.45) is 3.01. The maximum Gasteiger partial charge on any atom is 0.325 e. The van der Waals surface area contributed by atoms with Crippen LogP contribution >= 0.6 is 0 Å². The van der Waals surface area contributed by atoms with Crippen molar-refractivity contribution in [1.82, 2.24) is 19.6 Å². The molecule has 0 aliphatic rings. The second-order valence-electron chi connectivity index (χ2n) is 4.93. The average Bonchev–Trinajstić information content (AvgIpc) is 2.95. The van der Waals surface area contributed by atoms with Gasteiger partial charge < -0.3 is 10.4 Å². The van der Waals surface area contributed by atoms with Gasteiger partial charge in [-0.25, -0.2) is 0 Å². The third-order valence-corrected chi connectivity index (χ3v) is 2.96. The van der Waals surface area contributed by atoms with Crippen LogP contribution < -0.4 is 5.32 Å². The van der Waals surface area contributed by atoms with Gasteiger partial charge in [-0.1, -0.05) is 0 Å². The first-order valence-electron chi connectivity index (χ1n) is 6.49. The van der Waals surface area contributed by atoms with Crippen molar-refractivity contribution in [1.29, 1.82) is 0 Å². The van der Waals surface area contributed by atoms with Gasteiger partial charge in [0, 0.05) is 24.0 Å². The highest BCUT2D eigenvalue weighted by Gasteiger charge is 2.16. The van der Waals surface area contributed by atoms with Crippen molar-refractivity contribution in [2.45, 2.75) is 33.4 Å². The molecule has 112 valence electrons. The van der Waals surface area contributed by atoms with Crippen LogP contribution in [0.25, 0.3) is 0 Å². The summed E-state index contributed by atoms with van der Waals surface area (Å²) in [5.41, 5.74) is 1.24. The molecule has 1 amide bonds. The number of hydrogen-bond donors (Lipinski definition) is 2. The maximum absolute atomic E-state index is 12.2. The highest BCUT2D eigenvalue weighted by molar-refractivity contribution is 6.04. The highest BCUT2D eigenvalue weighted by Crippen LogP contribution is 2.14. The monoisotopic (exact) mass is 291 g/mol. The third-order valence-electron chi connectivity index (χ3n) is 2.96. The highest BCUT2D eigenvalue weighted by atomic mass is 16.4. The minimum Gasteiger partial charge on any atom is -0.480 e. The molecule has 0 unspecified atom stereocenters. The quantitative estimate of drug-likeness (QED) is 0.864. The molecule has 0 atom stereocenters. The van der Waals surface area contributed by atoms with Crippen LogP contribution in [0.15, 0.2) is 18.5 Å². The molecule has 0 aliphatic carbocycles. The number of carboxylic acid groups (broad SMARTS) is 1. The zero-order valence-electron chi connectivity index (χ0n) is 12.1. The average molecular weight is 291 g/mol. The lowest BCUT2D eigenvalue weighted by Gasteiger charge is -2.08. The van der Waals surface area contributed by atoms with Gasteiger partial charge in [-0.3, -0.25) is 19.0 Å². The molecule has 0 fully saturated rings. The topological polar surface area (TPSA) is 102 Å². The van der Waals surface area contributed by atoms with Crippen molar-refractivity contribution >= 4 is 17.7 Å². The van der Waals surface area contributed by atoms with E-state index in [2.05, 4.69) is 15.5 Å². The molecule has 2 rings (SSSR count). The number of anilines is 1. The Balaban J connectivity index is 2.11. The molecule has 2 N–H and O–H groups in total. The van der Waals surface area contributed by atoms with E-state index in [1.54, 1.807) is 10.7 Å². The zero-order valence-corrected chi connectivity index (χ0v) is 12.1. The van der Waals surface area contributed by atoms with Crippen molar-refractivity contribution < 1.29 is 14.7 Å². The van der Waals surface area contributed by atoms with Gasteiger partial charge in [0.2, 0.25) is 0 Å². The zero-order chi connectivity index (χ0) is 15.6. The van der Waals surface area contributed by atoms with Crippen molar-refractivity contribution in [3.05, 3.63) is 29.7 Å². The van der Waals surface area contributed by atoms with Crippen LogP contribution in [0, 0.1) is 6.92 Å². The van der Waals surface area contributed by atoms with Gasteiger partial charge in [0.1, 0.15) is 6.54 Å². The molecular weight excluding hydrogens is 274 g/mol. The van der Waals surface area contributed by atoms with Crippen molar-refractivity contribution in [3.8, 4) is 0 Å². The SMILES string of the molecule is Cc1c(C(=O)Nc2ccn(CC(=O)O)n2)cnn1C(C)C. The molecule has 0 saturated carbocycles. The first-order chi connectivity index (χ1) is 9.88. The van der Waals surface area contributed by atoms with Gasteiger partial charge in [-0.05, 0) is 20.8 Å². The maximum atomic E-state index is 12.2. The summed E-state index contributed by atoms with van der Waals surface area (Å²) in [5, 5.41) is 19.4. The number of carbonyl (C=O) groups excluding carboxylic acids is 1. The van der Waals surface area contributed by atoms with E-state index in [-0.39, 0.29) is 18.5 Å². The number of aromatic nitrogens is 4. The number of nitrogens with one attached hydrogen (secondary N) is 1. The minimum absolute atomic E-state index is 0.168. The standard InChI is InChI=1S/C13H17N5O3/c1-8(2)18-9(3)10(6-14-18)13(21)15-11-4-5-17(16-11)7-12(19)20/h4-6,8H,7H2,1-3H3,(H,19,20)(H,15,16,21). The van der Waals surface area contributed by atoms with E-state index >= 15 is 0 Å². The van der Waals surface area contributed by atoms with Crippen LogP contribution in [0.4, 0.5) is 5.82 Å². The van der Waals surface area contributed by atoms with Gasteiger partial charge in [-0.15, -0.1) is 0 Å². The molecule has 0 bridgehead atoms. The Bertz CT molecular complexity index is 671. The predicted octanol–water partition coefficient (Wildman–Crippen LogP) is 1.31. The van der Waals surface area contributed by atoms with Gasteiger partial charge in [-0.2, -0.15) is 10.2 Å². The predicted molar refractivity (Wildman–Crippen MR) is 75.2 cm³/mol. The number of rotatable bonds is 5. The Morgan fingerprint density at radius 1 is 1.43 bits per heavy atom. The Morgan fingerprint density at radius 2 is 2.14 bits per heavy atom. The van der Waals surface area contributed by atoms with Crippen molar-refractivity contribution in [2.75, 3.05) is 5.32 Å². The van der Waals surface area contributed by atoms with Gasteiger partial charge >= 0.3 is 5.97 Å². The van der Waals surface area contributed by atoms with Gasteiger partial charge in [0.25, 0.3) is 5.91 Å². The fourth-order valence-electron chi connectivity index (χ4n) is 2.01. The number of amides is 1. The summed E-state index contributed by atoms with van der Waals surface area (Å²) in [6, 6.07) is 1.71. The van der Waals surface area contributed by atoms with Crippen LogP contribution in [0.5, 0.6) is 0 Å². The first-order valence-corrected chi connectivity index (χ1v) is 6.49. The summed E-state index contributed by atoms with van der Waals surface area (Å²) < 4.78 is 3.00. The van der Waals surface area contributed by atoms with Gasteiger partial charge in [0.15, 0.2) is 5.82 Å². The van der Waals surface area contributed by atoms with E-state index in [1.165, 1.54) is 17.1 Å². The van der Waals surface area contributed by atoms with E-state index in [4.69, 9.17) is 5.11 Å². The Kier molecular flexibility index (Phi) is 4.06. The fourth-order valence-corrected chi connectivity index (χ4v) is 2.01. The summed E-state index contributed by atoms with van der Waals surface area (Å²) in [7, 11) is 0. The van der Waals surface area contributed by atoms with Crippen LogP contribution in [0.2, 0.25) is 0 Å². The molecule has 0 spiro atoms. The largest absolute Gasteiger partial charge is 0.480 e. The van der Waals surface area contributed by atoms with E-state index in [1.807, 2.05) is 20.8 Å². The minimum atomic E-state index is -0.995. The number of carboxylic acids is 1. The van der Waals surface area contributed by atoms with E-state index in [0.29, 0.717) is 11.4 Å². The Labute approximate surface area is 121 Å². The molecule has 0 aromatic carbocycles. The number of hydrogen-bond acceptors (Lipinski definition) is 4. The van der Waals surface area contributed by atoms with E-state index in [0.717, 1.165) is 5.69 Å². The Morgan fingerprint density at radius 3 is 2.71 bits per heavy atom. The molecular formula is C13H17N5O3. The van der Waals surface area contributed by atoms with E-state index < -0.39 is 5.97 Å². The third kappa shape index (κ3) is 3.28. The number of nitrogens with zero attached hydrogens (tertiary/aromatic N) is 4. The summed E-state index contributed by atoms with van der Waals surface area (Å²) in [6.45, 7) is 5.54. The number of carbonyl (C=O) groups is 2. The van der Waals surface area contributed by atoms with Crippen molar-refractivity contribution in [2.24, 2.45) is 0 Å². The fraction of sp³-hybridized carbons (Fsp3) is 0.385. The molecule has 2 aromatic rings. The van der Waals surface area contributed by atoms with Crippen molar-refractivity contribution in [3.63, 3.8) is 0 Å². The first kappa shape index (κ1) is 14.8. The van der Waals surface area contributed by atoms with E-state index in [9.17, 15) is 9.59 Å². The molecule has 2 aromatic heterocycles. The van der Waals surface area contributed by atoms with Crippen LogP contribution in [0.3, 0.4) is 0 Å². The summed E-state index contributed by atoms with van der Waals surface area (Å²) in [4.78, 5) is 22.7. The lowest BCUT2D eigenvalue weighted by Crippen LogP contribution is -2.15. The molecule has 2 heterocycles. The molecule has 8 nitrogen and oxygen atoms in total. The molecule has 0 saturated heterocycles. The molecule has 21 heavy (non-hydrogen) atoms. The second kappa shape index (κ2) is 5.78. The number of aliphatic carboxylic acids is 1. The smallest absolute Gasteiger partial charge is 0.325 e. The second-order valence-corrected chi connectivity index (χ2v) is 4.93. The van der Waals surface area contributed by atoms with Crippen LogP contribution in [0.1, 0.15) is 35.9 Å². The molecule has 0 radical (unpaired) electrons. The van der Waals surface area contributed by atoms with Crippen LogP contribution in [-0.2, 0) is 11.3 Å². The lowest BCUT2D eigenvalue weighted by atomic mass is 10.2. The lowest BCUT2D eigenvalue weighted by molar-refractivity contribution is -0.137. The van der Waals surface area contributed by atoms with Crippen LogP contribution in [-0.4, -0.2) is 36.5 Å². The Hall–Kier alpha value is -2.64. The summed E-state index contributed by atoms with van der Waals surface area (Å²) in [5.74, 6) is -1.01. The summed E-state index contributed by atoms with van der Waals surface area (Å²) >= 11 is 0. The van der Waals surface area contributed by atoms with Gasteiger partial charge in [0.05, 0.1) is 11.8 Å². The molecule has 0 aliphatic heterocycles. The molecule has 8 heteroatoms. The normalized spacial score (nSPS) is 10.9.